The molecule has 1 saturated heterocycles. The Morgan fingerprint density at radius 2 is 1.85 bits per heavy atom. The molecule has 1 saturated carbocycles. The Labute approximate surface area is 194 Å². The van der Waals surface area contributed by atoms with Crippen molar-refractivity contribution in [3.63, 3.8) is 0 Å². The van der Waals surface area contributed by atoms with Crippen molar-refractivity contribution in [2.75, 3.05) is 17.2 Å². The van der Waals surface area contributed by atoms with Crippen molar-refractivity contribution in [3.05, 3.63) is 46.8 Å². The largest absolute Gasteiger partial charge is 0.398 e. The highest BCUT2D eigenvalue weighted by Crippen LogP contribution is 2.39. The molecule has 1 aliphatic carbocycles. The molecule has 6 nitrogen and oxygen atoms in total. The monoisotopic (exact) mass is 443 g/mol. The average Bonchev–Trinajstić information content (AvgIpc) is 3.55. The Kier molecular flexibility index (Phi) is 4.86. The molecule has 0 radical (unpaired) electrons. The minimum atomic E-state index is -0.234. The van der Waals surface area contributed by atoms with E-state index in [0.717, 1.165) is 42.1 Å². The van der Waals surface area contributed by atoms with Crippen LogP contribution in [0.3, 0.4) is 0 Å². The third-order valence-electron chi connectivity index (χ3n) is 8.18. The molecule has 0 unspecified atom stereocenters. The third kappa shape index (κ3) is 3.06. The van der Waals surface area contributed by atoms with Crippen LogP contribution in [0.4, 0.5) is 11.4 Å². The number of anilines is 2. The predicted octanol–water partition coefficient (Wildman–Crippen LogP) is 5.51. The van der Waals surface area contributed by atoms with Gasteiger partial charge in [0.05, 0.1) is 21.9 Å². The molecule has 0 bridgehead atoms. The summed E-state index contributed by atoms with van der Waals surface area (Å²) >= 11 is 0. The van der Waals surface area contributed by atoms with Crippen LogP contribution in [-0.4, -0.2) is 26.5 Å². The first kappa shape index (κ1) is 20.6. The van der Waals surface area contributed by atoms with Crippen molar-refractivity contribution < 1.29 is 0 Å². The van der Waals surface area contributed by atoms with E-state index in [-0.39, 0.29) is 5.56 Å². The van der Waals surface area contributed by atoms with Crippen LogP contribution in [0.2, 0.25) is 0 Å². The molecule has 2 N–H and O–H groups in total. The molecule has 2 atom stereocenters. The fourth-order valence-electron chi connectivity index (χ4n) is 6.40. The number of fused-ring (bicyclic) bond motifs is 5. The summed E-state index contributed by atoms with van der Waals surface area (Å²) in [5.41, 5.74) is 10.9. The fraction of sp³-hybridized carbons (Fsp3) is 0.481. The molecule has 2 fully saturated rings. The molecule has 6 rings (SSSR count). The molecule has 6 heteroatoms. The highest BCUT2D eigenvalue weighted by molar-refractivity contribution is 5.95. The molecular weight excluding hydrogens is 410 g/mol. The maximum atomic E-state index is 13.1. The van der Waals surface area contributed by atoms with Crippen LogP contribution in [0.1, 0.15) is 64.8 Å². The van der Waals surface area contributed by atoms with Gasteiger partial charge in [0, 0.05) is 30.0 Å². The van der Waals surface area contributed by atoms with E-state index in [4.69, 9.17) is 5.73 Å². The lowest BCUT2D eigenvalue weighted by atomic mass is 10.0. The summed E-state index contributed by atoms with van der Waals surface area (Å²) < 4.78 is 4.50. The van der Waals surface area contributed by atoms with Crippen LogP contribution in [0.5, 0.6) is 0 Å². The number of benzene rings is 2. The lowest BCUT2D eigenvalue weighted by Crippen LogP contribution is -2.28. The van der Waals surface area contributed by atoms with Crippen molar-refractivity contribution in [3.8, 4) is 0 Å². The highest BCUT2D eigenvalue weighted by atomic mass is 16.1. The van der Waals surface area contributed by atoms with E-state index in [1.54, 1.807) is 6.07 Å². The number of nitrogens with two attached hydrogens (primary N) is 1. The van der Waals surface area contributed by atoms with E-state index >= 15 is 0 Å². The molecule has 1 aliphatic heterocycles. The standard InChI is InChI=1S/C27H33N5O/c1-3-17-14-18(4-2)30(16-17)20-12-13-22-24(15-20)31(19-8-5-6-9-19)27-29-26(33)25-21(28)10-7-11-23(25)32(22)27/h7,10-13,15,17-19H,3-6,8-9,14,16,28H2,1-2H3/t17-,18+/m0/s1. The number of aromatic nitrogens is 3. The van der Waals surface area contributed by atoms with Crippen molar-refractivity contribution in [2.45, 2.75) is 70.9 Å². The minimum absolute atomic E-state index is 0.234. The molecule has 172 valence electrons. The molecule has 2 aromatic carbocycles. The molecule has 2 aromatic heterocycles. The summed E-state index contributed by atoms with van der Waals surface area (Å²) in [5.74, 6) is 1.51. The van der Waals surface area contributed by atoms with Gasteiger partial charge in [-0.2, -0.15) is 4.98 Å². The zero-order valence-electron chi connectivity index (χ0n) is 19.6. The van der Waals surface area contributed by atoms with Crippen LogP contribution in [-0.2, 0) is 0 Å². The summed E-state index contributed by atoms with van der Waals surface area (Å²) in [6.07, 6.45) is 8.39. The molecule has 0 amide bonds. The van der Waals surface area contributed by atoms with Crippen LogP contribution in [0.15, 0.2) is 41.2 Å². The van der Waals surface area contributed by atoms with Crippen LogP contribution in [0.25, 0.3) is 27.7 Å². The van der Waals surface area contributed by atoms with Gasteiger partial charge in [-0.05, 0) is 61.9 Å². The third-order valence-corrected chi connectivity index (χ3v) is 8.18. The fourth-order valence-corrected chi connectivity index (χ4v) is 6.40. The minimum Gasteiger partial charge on any atom is -0.398 e. The number of hydrogen-bond acceptors (Lipinski definition) is 4. The van der Waals surface area contributed by atoms with Gasteiger partial charge in [-0.15, -0.1) is 0 Å². The summed E-state index contributed by atoms with van der Waals surface area (Å²) in [5, 5.41) is 0.515. The number of hydrogen-bond donors (Lipinski definition) is 1. The second-order valence-corrected chi connectivity index (χ2v) is 10.00. The molecule has 33 heavy (non-hydrogen) atoms. The second kappa shape index (κ2) is 7.79. The number of imidazole rings is 1. The number of rotatable bonds is 4. The van der Waals surface area contributed by atoms with Gasteiger partial charge >= 0.3 is 0 Å². The second-order valence-electron chi connectivity index (χ2n) is 10.00. The van der Waals surface area contributed by atoms with Crippen LogP contribution in [0, 0.1) is 5.92 Å². The zero-order valence-corrected chi connectivity index (χ0v) is 19.6. The topological polar surface area (TPSA) is 68.6 Å². The number of nitrogens with zero attached hydrogens (tertiary/aromatic N) is 4. The smallest absolute Gasteiger partial charge is 0.284 e. The Morgan fingerprint density at radius 3 is 2.61 bits per heavy atom. The van der Waals surface area contributed by atoms with Crippen molar-refractivity contribution >= 4 is 39.1 Å². The van der Waals surface area contributed by atoms with E-state index in [0.29, 0.717) is 23.2 Å². The molecule has 0 spiro atoms. The first-order valence-electron chi connectivity index (χ1n) is 12.6. The van der Waals surface area contributed by atoms with Crippen LogP contribution < -0.4 is 16.2 Å². The quantitative estimate of drug-likeness (QED) is 0.422. The van der Waals surface area contributed by atoms with Gasteiger partial charge < -0.3 is 15.2 Å². The first-order valence-corrected chi connectivity index (χ1v) is 12.6. The lowest BCUT2D eigenvalue weighted by Gasteiger charge is -2.26. The van der Waals surface area contributed by atoms with E-state index < -0.39 is 0 Å². The average molecular weight is 444 g/mol. The normalized spacial score (nSPS) is 21.8. The summed E-state index contributed by atoms with van der Waals surface area (Å²) in [6, 6.07) is 13.5. The van der Waals surface area contributed by atoms with Gasteiger partial charge in [-0.3, -0.25) is 9.20 Å². The highest BCUT2D eigenvalue weighted by Gasteiger charge is 2.31. The van der Waals surface area contributed by atoms with Gasteiger partial charge in [0.15, 0.2) is 0 Å². The Bertz CT molecular complexity index is 1410. The molecular formula is C27H33N5O. The number of nitrogen functional groups attached to an aromatic ring is 1. The maximum Gasteiger partial charge on any atom is 0.284 e. The lowest BCUT2D eigenvalue weighted by molar-refractivity contribution is 0.533. The van der Waals surface area contributed by atoms with Crippen molar-refractivity contribution in [1.29, 1.82) is 0 Å². The summed E-state index contributed by atoms with van der Waals surface area (Å²) in [6.45, 7) is 5.73. The Hall–Kier alpha value is -3.02. The summed E-state index contributed by atoms with van der Waals surface area (Å²) in [7, 11) is 0. The van der Waals surface area contributed by atoms with Gasteiger partial charge in [0.1, 0.15) is 0 Å². The predicted molar refractivity (Wildman–Crippen MR) is 136 cm³/mol. The van der Waals surface area contributed by atoms with Crippen molar-refractivity contribution in [1.82, 2.24) is 14.0 Å². The van der Waals surface area contributed by atoms with Gasteiger partial charge in [-0.1, -0.05) is 39.2 Å². The molecule has 4 aromatic rings. The Balaban J connectivity index is 1.65. The van der Waals surface area contributed by atoms with E-state index in [2.05, 4.69) is 50.9 Å². The van der Waals surface area contributed by atoms with Gasteiger partial charge in [-0.25, -0.2) is 0 Å². The maximum absolute atomic E-state index is 13.1. The van der Waals surface area contributed by atoms with Crippen LogP contribution >= 0.6 is 0 Å². The van der Waals surface area contributed by atoms with E-state index in [9.17, 15) is 4.79 Å². The summed E-state index contributed by atoms with van der Waals surface area (Å²) in [4.78, 5) is 20.3. The Morgan fingerprint density at radius 1 is 1.03 bits per heavy atom. The first-order chi connectivity index (χ1) is 16.1. The van der Waals surface area contributed by atoms with Gasteiger partial charge in [0.2, 0.25) is 5.78 Å². The van der Waals surface area contributed by atoms with E-state index in [1.165, 1.54) is 43.3 Å². The zero-order chi connectivity index (χ0) is 22.7. The molecule has 2 aliphatic rings. The van der Waals surface area contributed by atoms with E-state index in [1.807, 2.05) is 12.1 Å². The molecule has 3 heterocycles. The van der Waals surface area contributed by atoms with Gasteiger partial charge in [0.25, 0.3) is 5.56 Å². The van der Waals surface area contributed by atoms with Crippen molar-refractivity contribution in [2.24, 2.45) is 5.92 Å². The SMILES string of the molecule is CC[C@H]1C[C@@H](CC)N(c2ccc3c(c2)n(C2CCCC2)c2nc(=O)c4c(N)cccc4n32)C1.